The first kappa shape index (κ1) is 15.0. The van der Waals surface area contributed by atoms with Gasteiger partial charge in [0.15, 0.2) is 0 Å². The molecule has 1 rings (SSSR count). The lowest BCUT2D eigenvalue weighted by Crippen LogP contribution is -2.35. The van der Waals surface area contributed by atoms with Crippen LogP contribution in [0.15, 0.2) is 23.1 Å². The van der Waals surface area contributed by atoms with Gasteiger partial charge in [-0.05, 0) is 38.5 Å². The summed E-state index contributed by atoms with van der Waals surface area (Å²) in [7, 11) is -4.13. The Bertz CT molecular complexity index is 517. The molecule has 18 heavy (non-hydrogen) atoms. The summed E-state index contributed by atoms with van der Waals surface area (Å²) < 4.78 is 52.0. The SMILES string of the molecule is CC(O)CC(C)NS(=O)(=O)c1cc(F)ccc1F. The number of aliphatic hydroxyl groups is 1. The Morgan fingerprint density at radius 2 is 1.94 bits per heavy atom. The second-order valence-electron chi connectivity index (χ2n) is 4.18. The van der Waals surface area contributed by atoms with Crippen LogP contribution in [0.4, 0.5) is 8.78 Å². The predicted molar refractivity (Wildman–Crippen MR) is 62.4 cm³/mol. The van der Waals surface area contributed by atoms with Gasteiger partial charge in [-0.2, -0.15) is 0 Å². The highest BCUT2D eigenvalue weighted by Crippen LogP contribution is 2.16. The van der Waals surface area contributed by atoms with Gasteiger partial charge in [-0.1, -0.05) is 0 Å². The fourth-order valence-corrected chi connectivity index (χ4v) is 2.92. The van der Waals surface area contributed by atoms with E-state index in [0.717, 1.165) is 12.1 Å². The standard InChI is InChI=1S/C11H15F2NO3S/c1-7(5-8(2)15)14-18(16,17)11-6-9(12)3-4-10(11)13/h3-4,6-8,14-15H,5H2,1-2H3. The second-order valence-corrected chi connectivity index (χ2v) is 5.86. The minimum absolute atomic E-state index is 0.177. The van der Waals surface area contributed by atoms with E-state index in [2.05, 4.69) is 4.72 Å². The van der Waals surface area contributed by atoms with Crippen LogP contribution in [0.1, 0.15) is 20.3 Å². The molecule has 0 fully saturated rings. The van der Waals surface area contributed by atoms with Crippen LogP contribution in [0.3, 0.4) is 0 Å². The Morgan fingerprint density at radius 3 is 2.50 bits per heavy atom. The van der Waals surface area contributed by atoms with Crippen LogP contribution in [0.25, 0.3) is 0 Å². The topological polar surface area (TPSA) is 66.4 Å². The Morgan fingerprint density at radius 1 is 1.33 bits per heavy atom. The monoisotopic (exact) mass is 279 g/mol. The van der Waals surface area contributed by atoms with Crippen LogP contribution in [0, 0.1) is 11.6 Å². The van der Waals surface area contributed by atoms with Crippen molar-refractivity contribution in [3.8, 4) is 0 Å². The summed E-state index contributed by atoms with van der Waals surface area (Å²) in [5.74, 6) is -1.85. The Hall–Kier alpha value is -1.05. The first-order valence-electron chi connectivity index (χ1n) is 5.38. The zero-order valence-corrected chi connectivity index (χ0v) is 10.8. The molecule has 0 saturated heterocycles. The van der Waals surface area contributed by atoms with Gasteiger partial charge in [0.2, 0.25) is 10.0 Å². The normalized spacial score (nSPS) is 15.4. The molecule has 0 radical (unpaired) electrons. The summed E-state index contributed by atoms with van der Waals surface area (Å²) >= 11 is 0. The lowest BCUT2D eigenvalue weighted by Gasteiger charge is -2.15. The van der Waals surface area contributed by atoms with E-state index in [4.69, 9.17) is 5.11 Å². The third-order valence-electron chi connectivity index (χ3n) is 2.23. The van der Waals surface area contributed by atoms with E-state index in [-0.39, 0.29) is 6.42 Å². The average molecular weight is 279 g/mol. The van der Waals surface area contributed by atoms with Gasteiger partial charge in [0, 0.05) is 6.04 Å². The Kier molecular flexibility index (Phi) is 4.78. The van der Waals surface area contributed by atoms with Crippen molar-refractivity contribution in [3.63, 3.8) is 0 Å². The molecule has 2 N–H and O–H groups in total. The third-order valence-corrected chi connectivity index (χ3v) is 3.84. The number of aliphatic hydroxyl groups excluding tert-OH is 1. The average Bonchev–Trinajstić information content (AvgIpc) is 2.19. The van der Waals surface area contributed by atoms with Crippen molar-refractivity contribution in [3.05, 3.63) is 29.8 Å². The van der Waals surface area contributed by atoms with Gasteiger partial charge in [-0.15, -0.1) is 0 Å². The van der Waals surface area contributed by atoms with E-state index in [0.29, 0.717) is 6.07 Å². The number of rotatable bonds is 5. The number of halogens is 2. The van der Waals surface area contributed by atoms with Gasteiger partial charge >= 0.3 is 0 Å². The molecule has 0 spiro atoms. The van der Waals surface area contributed by atoms with Crippen LogP contribution in [-0.2, 0) is 10.0 Å². The molecule has 0 bridgehead atoms. The van der Waals surface area contributed by atoms with E-state index in [1.807, 2.05) is 0 Å². The summed E-state index contributed by atoms with van der Waals surface area (Å²) in [6, 6.07) is 1.63. The molecule has 0 aliphatic heterocycles. The van der Waals surface area contributed by atoms with Crippen molar-refractivity contribution in [1.29, 1.82) is 0 Å². The molecule has 1 aromatic rings. The lowest BCUT2D eigenvalue weighted by atomic mass is 10.2. The molecule has 0 aliphatic carbocycles. The summed E-state index contributed by atoms with van der Waals surface area (Å²) in [6.45, 7) is 3.04. The van der Waals surface area contributed by atoms with Gasteiger partial charge in [0.25, 0.3) is 0 Å². The first-order valence-corrected chi connectivity index (χ1v) is 6.86. The van der Waals surface area contributed by atoms with Gasteiger partial charge in [-0.3, -0.25) is 0 Å². The molecule has 0 aliphatic rings. The molecule has 2 atom stereocenters. The highest BCUT2D eigenvalue weighted by molar-refractivity contribution is 7.89. The maximum absolute atomic E-state index is 13.3. The molecule has 1 aromatic carbocycles. The number of hydrogen-bond acceptors (Lipinski definition) is 3. The van der Waals surface area contributed by atoms with Crippen LogP contribution in [0.2, 0.25) is 0 Å². The van der Waals surface area contributed by atoms with E-state index in [1.54, 1.807) is 0 Å². The van der Waals surface area contributed by atoms with E-state index in [1.165, 1.54) is 13.8 Å². The molecular weight excluding hydrogens is 264 g/mol. The fourth-order valence-electron chi connectivity index (χ4n) is 1.57. The Labute approximate surface area is 105 Å². The fraction of sp³-hybridized carbons (Fsp3) is 0.455. The maximum Gasteiger partial charge on any atom is 0.243 e. The van der Waals surface area contributed by atoms with E-state index < -0.39 is 38.7 Å². The van der Waals surface area contributed by atoms with Gasteiger partial charge in [-0.25, -0.2) is 21.9 Å². The predicted octanol–water partition coefficient (Wildman–Crippen LogP) is 1.40. The van der Waals surface area contributed by atoms with E-state index >= 15 is 0 Å². The third kappa shape index (κ3) is 4.01. The second kappa shape index (κ2) is 5.73. The highest BCUT2D eigenvalue weighted by Gasteiger charge is 2.22. The van der Waals surface area contributed by atoms with Crippen molar-refractivity contribution in [2.75, 3.05) is 0 Å². The molecule has 2 unspecified atom stereocenters. The minimum Gasteiger partial charge on any atom is -0.393 e. The van der Waals surface area contributed by atoms with Gasteiger partial charge in [0.1, 0.15) is 16.5 Å². The van der Waals surface area contributed by atoms with Crippen molar-refractivity contribution in [2.24, 2.45) is 0 Å². The van der Waals surface area contributed by atoms with Crippen LogP contribution < -0.4 is 4.72 Å². The lowest BCUT2D eigenvalue weighted by molar-refractivity contribution is 0.175. The van der Waals surface area contributed by atoms with Crippen molar-refractivity contribution in [1.82, 2.24) is 4.72 Å². The molecule has 0 aromatic heterocycles. The molecular formula is C11H15F2NO3S. The first-order chi connectivity index (χ1) is 8.22. The smallest absolute Gasteiger partial charge is 0.243 e. The number of hydrogen-bond donors (Lipinski definition) is 2. The van der Waals surface area contributed by atoms with E-state index in [9.17, 15) is 17.2 Å². The van der Waals surface area contributed by atoms with Crippen molar-refractivity contribution >= 4 is 10.0 Å². The van der Waals surface area contributed by atoms with Gasteiger partial charge in [0.05, 0.1) is 6.10 Å². The summed E-state index contributed by atoms with van der Waals surface area (Å²) in [6.07, 6.45) is -0.518. The maximum atomic E-state index is 13.3. The summed E-state index contributed by atoms with van der Waals surface area (Å²) in [5.41, 5.74) is 0. The zero-order valence-electron chi connectivity index (χ0n) is 10.0. The van der Waals surface area contributed by atoms with Crippen LogP contribution in [0.5, 0.6) is 0 Å². The summed E-state index contributed by atoms with van der Waals surface area (Å²) in [5, 5.41) is 9.12. The number of sulfonamides is 1. The molecule has 0 heterocycles. The molecule has 102 valence electrons. The van der Waals surface area contributed by atoms with Crippen LogP contribution >= 0.6 is 0 Å². The highest BCUT2D eigenvalue weighted by atomic mass is 32.2. The van der Waals surface area contributed by atoms with Crippen LogP contribution in [-0.4, -0.2) is 25.7 Å². The molecule has 4 nitrogen and oxygen atoms in total. The summed E-state index contributed by atoms with van der Waals surface area (Å²) in [4.78, 5) is -0.736. The molecule has 0 saturated carbocycles. The van der Waals surface area contributed by atoms with Gasteiger partial charge < -0.3 is 5.11 Å². The quantitative estimate of drug-likeness (QED) is 0.856. The number of benzene rings is 1. The Balaban J connectivity index is 2.96. The van der Waals surface area contributed by atoms with Crippen molar-refractivity contribution < 1.29 is 22.3 Å². The largest absolute Gasteiger partial charge is 0.393 e. The zero-order chi connectivity index (χ0) is 13.9. The number of nitrogens with one attached hydrogen (secondary N) is 1. The minimum atomic E-state index is -4.13. The van der Waals surface area contributed by atoms with Crippen molar-refractivity contribution in [2.45, 2.75) is 37.3 Å². The molecule has 0 amide bonds. The molecule has 7 heteroatoms.